The molecule has 0 saturated heterocycles. The number of benzene rings is 2. The van der Waals surface area contributed by atoms with E-state index in [1.54, 1.807) is 4.90 Å². The van der Waals surface area contributed by atoms with Crippen LogP contribution in [0.3, 0.4) is 0 Å². The summed E-state index contributed by atoms with van der Waals surface area (Å²) in [5.41, 5.74) is 2.78. The lowest BCUT2D eigenvalue weighted by Gasteiger charge is -2.42. The van der Waals surface area contributed by atoms with Gasteiger partial charge in [0.1, 0.15) is 11.8 Å². The third kappa shape index (κ3) is 2.83. The van der Waals surface area contributed by atoms with Crippen LogP contribution >= 0.6 is 0 Å². The summed E-state index contributed by atoms with van der Waals surface area (Å²) in [5, 5.41) is 9.54. The molecule has 2 aromatic carbocycles. The Labute approximate surface area is 142 Å². The Balaban J connectivity index is 2.17. The lowest BCUT2D eigenvalue weighted by Crippen LogP contribution is -2.44. The van der Waals surface area contributed by atoms with E-state index in [0.29, 0.717) is 5.70 Å². The van der Waals surface area contributed by atoms with Gasteiger partial charge in [-0.05, 0) is 24.1 Å². The van der Waals surface area contributed by atoms with Crippen molar-refractivity contribution < 1.29 is 4.79 Å². The zero-order valence-electron chi connectivity index (χ0n) is 13.9. The molecule has 1 heterocycles. The first-order valence-electron chi connectivity index (χ1n) is 8.15. The zero-order chi connectivity index (χ0) is 17.1. The van der Waals surface area contributed by atoms with Crippen molar-refractivity contribution in [3.63, 3.8) is 0 Å². The van der Waals surface area contributed by atoms with Crippen LogP contribution in [0.2, 0.25) is 0 Å². The van der Waals surface area contributed by atoms with Crippen LogP contribution in [-0.4, -0.2) is 16.8 Å². The van der Waals surface area contributed by atoms with Crippen molar-refractivity contribution in [2.24, 2.45) is 0 Å². The smallest absolute Gasteiger partial charge is 0.224 e. The van der Waals surface area contributed by atoms with Gasteiger partial charge >= 0.3 is 0 Å². The van der Waals surface area contributed by atoms with E-state index in [-0.39, 0.29) is 23.8 Å². The molecular weight excluding hydrogens is 296 g/mol. The molecule has 1 amide bonds. The van der Waals surface area contributed by atoms with Gasteiger partial charge < -0.3 is 4.90 Å². The number of amides is 1. The molecule has 0 radical (unpaired) electrons. The molecule has 0 fully saturated rings. The van der Waals surface area contributed by atoms with Crippen LogP contribution in [0, 0.1) is 11.3 Å². The van der Waals surface area contributed by atoms with Crippen LogP contribution in [0.4, 0.5) is 0 Å². The minimum Gasteiger partial charge on any atom is -0.300 e. The molecule has 0 saturated carbocycles. The number of hydrogen-bond donors (Lipinski definition) is 0. The quantitative estimate of drug-likeness (QED) is 0.833. The van der Waals surface area contributed by atoms with E-state index < -0.39 is 0 Å². The first-order valence-corrected chi connectivity index (χ1v) is 8.15. The first kappa shape index (κ1) is 16.0. The predicted molar refractivity (Wildman–Crippen MR) is 94.0 cm³/mol. The maximum absolute atomic E-state index is 12.1. The summed E-state index contributed by atoms with van der Waals surface area (Å²) < 4.78 is 0. The van der Waals surface area contributed by atoms with Crippen LogP contribution in [0.5, 0.6) is 0 Å². The Morgan fingerprint density at radius 2 is 1.54 bits per heavy atom. The normalized spacial score (nSPS) is 23.3. The molecule has 3 rings (SSSR count). The van der Waals surface area contributed by atoms with Crippen LogP contribution in [0.25, 0.3) is 0 Å². The summed E-state index contributed by atoms with van der Waals surface area (Å²) in [4.78, 5) is 13.8. The number of nitrogens with zero attached hydrogens (tertiary/aromatic N) is 2. The number of rotatable bonds is 2. The average molecular weight is 316 g/mol. The highest BCUT2D eigenvalue weighted by Crippen LogP contribution is 2.43. The number of nitriles is 1. The van der Waals surface area contributed by atoms with Crippen molar-refractivity contribution in [2.75, 3.05) is 0 Å². The molecule has 3 nitrogen and oxygen atoms in total. The van der Waals surface area contributed by atoms with E-state index in [1.807, 2.05) is 49.4 Å². The SMILES string of the molecule is CC(=O)N1C(C#N)=C[C@H](c2ccccc2)[C@H](c2ccccc2)[C@H]1C. The average Bonchev–Trinajstić information content (AvgIpc) is 2.61. The topological polar surface area (TPSA) is 44.1 Å². The summed E-state index contributed by atoms with van der Waals surface area (Å²) in [6.07, 6.45) is 1.94. The molecule has 0 N–H and O–H groups in total. The van der Waals surface area contributed by atoms with Gasteiger partial charge in [-0.3, -0.25) is 4.79 Å². The van der Waals surface area contributed by atoms with Crippen LogP contribution < -0.4 is 0 Å². The molecule has 3 heteroatoms. The summed E-state index contributed by atoms with van der Waals surface area (Å²) in [7, 11) is 0. The molecule has 0 spiro atoms. The summed E-state index contributed by atoms with van der Waals surface area (Å²) >= 11 is 0. The lowest BCUT2D eigenvalue weighted by atomic mass is 9.74. The fourth-order valence-electron chi connectivity index (χ4n) is 3.72. The zero-order valence-corrected chi connectivity index (χ0v) is 13.9. The second-order valence-electron chi connectivity index (χ2n) is 6.17. The van der Waals surface area contributed by atoms with E-state index in [0.717, 1.165) is 5.56 Å². The third-order valence-corrected chi connectivity index (χ3v) is 4.73. The molecule has 1 aliphatic rings. The Morgan fingerprint density at radius 3 is 2.04 bits per heavy atom. The molecule has 3 atom stereocenters. The van der Waals surface area contributed by atoms with Crippen molar-refractivity contribution in [3.05, 3.63) is 83.6 Å². The summed E-state index contributed by atoms with van der Waals surface area (Å²) in [6.45, 7) is 3.55. The van der Waals surface area contributed by atoms with Crippen molar-refractivity contribution in [1.82, 2.24) is 4.90 Å². The van der Waals surface area contributed by atoms with Gasteiger partial charge in [0, 0.05) is 24.8 Å². The Bertz CT molecular complexity index is 790. The molecule has 0 unspecified atom stereocenters. The van der Waals surface area contributed by atoms with Gasteiger partial charge in [-0.1, -0.05) is 60.7 Å². The van der Waals surface area contributed by atoms with Gasteiger partial charge in [-0.2, -0.15) is 5.26 Å². The van der Waals surface area contributed by atoms with E-state index >= 15 is 0 Å². The number of carbonyl (C=O) groups excluding carboxylic acids is 1. The van der Waals surface area contributed by atoms with Crippen molar-refractivity contribution in [2.45, 2.75) is 31.7 Å². The highest BCUT2D eigenvalue weighted by atomic mass is 16.2. The van der Waals surface area contributed by atoms with Gasteiger partial charge in [-0.15, -0.1) is 0 Å². The van der Waals surface area contributed by atoms with Crippen LogP contribution in [-0.2, 0) is 4.79 Å². The number of hydrogen-bond acceptors (Lipinski definition) is 2. The van der Waals surface area contributed by atoms with E-state index in [1.165, 1.54) is 12.5 Å². The highest BCUT2D eigenvalue weighted by molar-refractivity contribution is 5.77. The van der Waals surface area contributed by atoms with Crippen LogP contribution in [0.1, 0.15) is 36.8 Å². The maximum atomic E-state index is 12.1. The minimum atomic E-state index is -0.0947. The Kier molecular flexibility index (Phi) is 4.48. The fraction of sp³-hybridized carbons (Fsp3) is 0.238. The molecule has 2 aromatic rings. The lowest BCUT2D eigenvalue weighted by molar-refractivity contribution is -0.129. The van der Waals surface area contributed by atoms with Gasteiger partial charge in [0.25, 0.3) is 0 Å². The second kappa shape index (κ2) is 6.72. The summed E-state index contributed by atoms with van der Waals surface area (Å²) in [5.74, 6) is 0.0752. The summed E-state index contributed by atoms with van der Waals surface area (Å²) in [6, 6.07) is 22.5. The maximum Gasteiger partial charge on any atom is 0.224 e. The van der Waals surface area contributed by atoms with Crippen molar-refractivity contribution >= 4 is 5.91 Å². The number of allylic oxidation sites excluding steroid dienone is 2. The molecular formula is C21H20N2O. The van der Waals surface area contributed by atoms with Crippen molar-refractivity contribution in [3.8, 4) is 6.07 Å². The molecule has 0 aliphatic carbocycles. The monoisotopic (exact) mass is 316 g/mol. The molecule has 24 heavy (non-hydrogen) atoms. The Hall–Kier alpha value is -2.86. The fourth-order valence-corrected chi connectivity index (χ4v) is 3.72. The molecule has 1 aliphatic heterocycles. The minimum absolute atomic E-state index is 0.0637. The van der Waals surface area contributed by atoms with E-state index in [2.05, 4.69) is 30.3 Å². The van der Waals surface area contributed by atoms with Gasteiger partial charge in [0.2, 0.25) is 5.91 Å². The number of carbonyl (C=O) groups is 1. The third-order valence-electron chi connectivity index (χ3n) is 4.73. The van der Waals surface area contributed by atoms with E-state index in [4.69, 9.17) is 0 Å². The largest absolute Gasteiger partial charge is 0.300 e. The van der Waals surface area contributed by atoms with Crippen LogP contribution in [0.15, 0.2) is 72.4 Å². The van der Waals surface area contributed by atoms with Gasteiger partial charge in [0.15, 0.2) is 0 Å². The molecule has 120 valence electrons. The van der Waals surface area contributed by atoms with Gasteiger partial charge in [-0.25, -0.2) is 0 Å². The Morgan fingerprint density at radius 1 is 1.00 bits per heavy atom. The van der Waals surface area contributed by atoms with E-state index in [9.17, 15) is 10.1 Å². The van der Waals surface area contributed by atoms with Crippen molar-refractivity contribution in [1.29, 1.82) is 5.26 Å². The van der Waals surface area contributed by atoms with Gasteiger partial charge in [0.05, 0.1) is 0 Å². The predicted octanol–water partition coefficient (Wildman–Crippen LogP) is 4.21. The second-order valence-corrected chi connectivity index (χ2v) is 6.17. The first-order chi connectivity index (χ1) is 11.6. The standard InChI is InChI=1S/C21H20N2O/c1-15-21(18-11-7-4-8-12-18)20(17-9-5-3-6-10-17)13-19(14-22)23(15)16(2)24/h3-13,15,20-21H,1-2H3/t15-,20-,21+/m1/s1. The molecule has 0 bridgehead atoms. The highest BCUT2D eigenvalue weighted by Gasteiger charge is 2.38. The molecule has 0 aromatic heterocycles.